The van der Waals surface area contributed by atoms with Gasteiger partial charge in [0.2, 0.25) is 5.91 Å². The van der Waals surface area contributed by atoms with Crippen molar-refractivity contribution in [1.29, 1.82) is 0 Å². The highest BCUT2D eigenvalue weighted by molar-refractivity contribution is 7.92. The van der Waals surface area contributed by atoms with Crippen molar-refractivity contribution in [3.05, 3.63) is 89.0 Å². The lowest BCUT2D eigenvalue weighted by molar-refractivity contribution is -0.111. The van der Waals surface area contributed by atoms with E-state index in [1.807, 2.05) is 19.1 Å². The van der Waals surface area contributed by atoms with Crippen molar-refractivity contribution >= 4 is 45.0 Å². The van der Waals surface area contributed by atoms with Gasteiger partial charge in [0, 0.05) is 16.8 Å². The highest BCUT2D eigenvalue weighted by Gasteiger charge is 2.17. The average molecular weight is 457 g/mol. The Morgan fingerprint density at radius 2 is 1.74 bits per heavy atom. The minimum absolute atomic E-state index is 0.0562. The lowest BCUT2D eigenvalue weighted by atomic mass is 10.2. The Balaban J connectivity index is 1.70. The molecule has 0 bridgehead atoms. The minimum Gasteiger partial charge on any atom is -0.495 e. The maximum absolute atomic E-state index is 12.7. The van der Waals surface area contributed by atoms with Gasteiger partial charge in [0.25, 0.3) is 10.0 Å². The number of hydrogen-bond donors (Lipinski definition) is 2. The second-order valence-electron chi connectivity index (χ2n) is 6.68. The number of anilines is 2. The van der Waals surface area contributed by atoms with Crippen LogP contribution in [0.1, 0.15) is 11.1 Å². The van der Waals surface area contributed by atoms with E-state index in [0.29, 0.717) is 22.1 Å². The van der Waals surface area contributed by atoms with Crippen LogP contribution in [0.4, 0.5) is 11.4 Å². The lowest BCUT2D eigenvalue weighted by Gasteiger charge is -2.13. The molecule has 3 rings (SSSR count). The second kappa shape index (κ2) is 9.68. The van der Waals surface area contributed by atoms with E-state index in [0.717, 1.165) is 11.1 Å². The van der Waals surface area contributed by atoms with Gasteiger partial charge in [0.1, 0.15) is 5.75 Å². The van der Waals surface area contributed by atoms with Gasteiger partial charge in [-0.1, -0.05) is 35.9 Å². The van der Waals surface area contributed by atoms with Gasteiger partial charge in [-0.15, -0.1) is 0 Å². The summed E-state index contributed by atoms with van der Waals surface area (Å²) in [5, 5.41) is 3.22. The summed E-state index contributed by atoms with van der Waals surface area (Å²) in [5.74, 6) is 0.0570. The third kappa shape index (κ3) is 5.87. The van der Waals surface area contributed by atoms with E-state index in [2.05, 4.69) is 10.0 Å². The number of carbonyl (C=O) groups excluding carboxylic acids is 1. The predicted molar refractivity (Wildman–Crippen MR) is 124 cm³/mol. The zero-order valence-corrected chi connectivity index (χ0v) is 18.5. The maximum atomic E-state index is 12.7. The average Bonchev–Trinajstić information content (AvgIpc) is 2.73. The molecule has 0 saturated heterocycles. The minimum atomic E-state index is -3.83. The molecule has 0 fully saturated rings. The number of carbonyl (C=O) groups is 1. The summed E-state index contributed by atoms with van der Waals surface area (Å²) in [6.45, 7) is 1.86. The van der Waals surface area contributed by atoms with E-state index >= 15 is 0 Å². The first-order valence-electron chi connectivity index (χ1n) is 9.29. The van der Waals surface area contributed by atoms with E-state index in [1.165, 1.54) is 37.5 Å². The molecule has 0 aromatic heterocycles. The number of amides is 1. The van der Waals surface area contributed by atoms with Gasteiger partial charge in [0.15, 0.2) is 0 Å². The monoisotopic (exact) mass is 456 g/mol. The smallest absolute Gasteiger partial charge is 0.262 e. The highest BCUT2D eigenvalue weighted by atomic mass is 35.5. The normalized spacial score (nSPS) is 11.3. The van der Waals surface area contributed by atoms with Crippen LogP contribution in [0.25, 0.3) is 6.08 Å². The van der Waals surface area contributed by atoms with E-state index in [1.54, 1.807) is 36.4 Å². The molecule has 3 aromatic rings. The molecular weight excluding hydrogens is 436 g/mol. The molecule has 0 heterocycles. The number of rotatable bonds is 7. The number of aryl methyl sites for hydroxylation is 1. The molecule has 0 radical (unpaired) electrons. The van der Waals surface area contributed by atoms with Crippen LogP contribution in [0, 0.1) is 6.92 Å². The molecule has 3 aromatic carbocycles. The largest absolute Gasteiger partial charge is 0.495 e. The molecule has 160 valence electrons. The SMILES string of the molecule is COc1ccc(C)cc1NS(=O)(=O)c1ccc(NC(=O)/C=C/c2ccccc2Cl)cc1. The quantitative estimate of drug-likeness (QED) is 0.484. The molecule has 1 amide bonds. The number of sulfonamides is 1. The maximum Gasteiger partial charge on any atom is 0.262 e. The van der Waals surface area contributed by atoms with Crippen LogP contribution in [-0.2, 0) is 14.8 Å². The fraction of sp³-hybridized carbons (Fsp3) is 0.0870. The fourth-order valence-electron chi connectivity index (χ4n) is 2.78. The van der Waals surface area contributed by atoms with E-state index in [4.69, 9.17) is 16.3 Å². The molecule has 0 aliphatic carbocycles. The van der Waals surface area contributed by atoms with Gasteiger partial charge in [-0.3, -0.25) is 9.52 Å². The Kier molecular flexibility index (Phi) is 6.99. The Morgan fingerprint density at radius 3 is 2.42 bits per heavy atom. The van der Waals surface area contributed by atoms with E-state index in [-0.39, 0.29) is 10.8 Å². The van der Waals surface area contributed by atoms with Crippen LogP contribution < -0.4 is 14.8 Å². The molecule has 0 aliphatic rings. The molecule has 2 N–H and O–H groups in total. The molecule has 6 nitrogen and oxygen atoms in total. The van der Waals surface area contributed by atoms with Crippen LogP contribution in [0.5, 0.6) is 5.75 Å². The first kappa shape index (κ1) is 22.4. The first-order valence-corrected chi connectivity index (χ1v) is 11.2. The molecular formula is C23H21ClN2O4S. The summed E-state index contributed by atoms with van der Waals surface area (Å²) in [4.78, 5) is 12.2. The molecule has 0 atom stereocenters. The van der Waals surface area contributed by atoms with E-state index < -0.39 is 10.0 Å². The topological polar surface area (TPSA) is 84.5 Å². The van der Waals surface area contributed by atoms with Crippen LogP contribution in [0.2, 0.25) is 5.02 Å². The van der Waals surface area contributed by atoms with Crippen LogP contribution in [-0.4, -0.2) is 21.4 Å². The van der Waals surface area contributed by atoms with Crippen LogP contribution in [0.3, 0.4) is 0 Å². The third-order valence-corrected chi connectivity index (χ3v) is 6.08. The van der Waals surface area contributed by atoms with Crippen molar-refractivity contribution in [3.8, 4) is 5.75 Å². The van der Waals surface area contributed by atoms with Gasteiger partial charge in [0.05, 0.1) is 17.7 Å². The number of hydrogen-bond acceptors (Lipinski definition) is 4. The molecule has 0 aliphatic heterocycles. The third-order valence-electron chi connectivity index (χ3n) is 4.35. The first-order chi connectivity index (χ1) is 14.8. The Bertz CT molecular complexity index is 1220. The van der Waals surface area contributed by atoms with Gasteiger partial charge in [-0.2, -0.15) is 0 Å². The van der Waals surface area contributed by atoms with Crippen LogP contribution >= 0.6 is 11.6 Å². The molecule has 0 saturated carbocycles. The predicted octanol–water partition coefficient (Wildman–Crippen LogP) is 5.11. The van der Waals surface area contributed by atoms with Crippen molar-refractivity contribution in [1.82, 2.24) is 0 Å². The lowest BCUT2D eigenvalue weighted by Crippen LogP contribution is -2.14. The zero-order chi connectivity index (χ0) is 22.4. The van der Waals surface area contributed by atoms with Gasteiger partial charge >= 0.3 is 0 Å². The molecule has 0 spiro atoms. The standard InChI is InChI=1S/C23H21ClN2O4S/c1-16-7-13-22(30-2)21(15-16)26-31(28,29)19-11-9-18(10-12-19)25-23(27)14-8-17-5-3-4-6-20(17)24/h3-15,26H,1-2H3,(H,25,27)/b14-8+. The van der Waals surface area contributed by atoms with Crippen LogP contribution in [0.15, 0.2) is 77.7 Å². The fourth-order valence-corrected chi connectivity index (χ4v) is 4.04. The van der Waals surface area contributed by atoms with Gasteiger partial charge in [-0.25, -0.2) is 8.42 Å². The second-order valence-corrected chi connectivity index (χ2v) is 8.77. The molecule has 31 heavy (non-hydrogen) atoms. The summed E-state index contributed by atoms with van der Waals surface area (Å²) in [5.41, 5.74) is 2.42. The van der Waals surface area contributed by atoms with Gasteiger partial charge < -0.3 is 10.1 Å². The van der Waals surface area contributed by atoms with Gasteiger partial charge in [-0.05, 0) is 66.6 Å². The summed E-state index contributed by atoms with van der Waals surface area (Å²) < 4.78 is 33.2. The number of nitrogens with one attached hydrogen (secondary N) is 2. The Labute approximate surface area is 186 Å². The number of halogens is 1. The zero-order valence-electron chi connectivity index (χ0n) is 16.9. The van der Waals surface area contributed by atoms with Crippen molar-refractivity contribution in [2.24, 2.45) is 0 Å². The van der Waals surface area contributed by atoms with Crippen molar-refractivity contribution < 1.29 is 17.9 Å². The summed E-state index contributed by atoms with van der Waals surface area (Å²) in [7, 11) is -2.36. The number of ether oxygens (including phenoxy) is 1. The van der Waals surface area contributed by atoms with Crippen molar-refractivity contribution in [2.75, 3.05) is 17.1 Å². The molecule has 0 unspecified atom stereocenters. The highest BCUT2D eigenvalue weighted by Crippen LogP contribution is 2.28. The number of methoxy groups -OCH3 is 1. The van der Waals surface area contributed by atoms with Crippen molar-refractivity contribution in [3.63, 3.8) is 0 Å². The Hall–Kier alpha value is -3.29. The molecule has 8 heteroatoms. The van der Waals surface area contributed by atoms with Crippen molar-refractivity contribution in [2.45, 2.75) is 11.8 Å². The number of benzene rings is 3. The summed E-state index contributed by atoms with van der Waals surface area (Å²) in [6, 6.07) is 18.2. The van der Waals surface area contributed by atoms with E-state index in [9.17, 15) is 13.2 Å². The Morgan fingerprint density at radius 1 is 1.03 bits per heavy atom. The summed E-state index contributed by atoms with van der Waals surface area (Å²) in [6.07, 6.45) is 2.97. The summed E-state index contributed by atoms with van der Waals surface area (Å²) >= 11 is 6.06.